The van der Waals surface area contributed by atoms with E-state index < -0.39 is 17.3 Å². The molecule has 1 heterocycles. The molecular weight excluding hydrogens is 338 g/mol. The van der Waals surface area contributed by atoms with E-state index in [0.29, 0.717) is 42.3 Å². The van der Waals surface area contributed by atoms with Crippen LogP contribution >= 0.6 is 0 Å². The maximum absolute atomic E-state index is 13.5. The van der Waals surface area contributed by atoms with Crippen molar-refractivity contribution in [3.63, 3.8) is 0 Å². The van der Waals surface area contributed by atoms with Gasteiger partial charge in [0.2, 0.25) is 0 Å². The molecule has 0 saturated carbocycles. The Morgan fingerprint density at radius 2 is 1.85 bits per heavy atom. The van der Waals surface area contributed by atoms with Gasteiger partial charge >= 0.3 is 0 Å². The fourth-order valence-electron chi connectivity index (χ4n) is 2.78. The Hall–Kier alpha value is -3.02. The van der Waals surface area contributed by atoms with Crippen LogP contribution in [0.1, 0.15) is 28.8 Å². The topological polar surface area (TPSA) is 62.0 Å². The average molecular weight is 356 g/mol. The first-order valence-corrected chi connectivity index (χ1v) is 8.39. The van der Waals surface area contributed by atoms with Crippen LogP contribution in [0.2, 0.25) is 0 Å². The SMILES string of the molecule is O=C(NCCCCc1ccccc1F)c1cc2ccc(F)cc2[nH]c1=O. The van der Waals surface area contributed by atoms with E-state index >= 15 is 0 Å². The van der Waals surface area contributed by atoms with Gasteiger partial charge < -0.3 is 10.3 Å². The molecule has 0 radical (unpaired) electrons. The second kappa shape index (κ2) is 7.91. The highest BCUT2D eigenvalue weighted by atomic mass is 19.1. The van der Waals surface area contributed by atoms with Gasteiger partial charge in [0.15, 0.2) is 0 Å². The molecule has 0 aliphatic heterocycles. The van der Waals surface area contributed by atoms with E-state index in [0.717, 1.165) is 0 Å². The molecule has 0 spiro atoms. The van der Waals surface area contributed by atoms with Crippen molar-refractivity contribution >= 4 is 16.8 Å². The van der Waals surface area contributed by atoms with Crippen LogP contribution in [0.5, 0.6) is 0 Å². The van der Waals surface area contributed by atoms with Gasteiger partial charge in [-0.25, -0.2) is 8.78 Å². The normalized spacial score (nSPS) is 10.8. The molecule has 0 atom stereocenters. The lowest BCUT2D eigenvalue weighted by atomic mass is 10.1. The predicted molar refractivity (Wildman–Crippen MR) is 96.2 cm³/mol. The van der Waals surface area contributed by atoms with E-state index in [-0.39, 0.29) is 11.4 Å². The van der Waals surface area contributed by atoms with Crippen molar-refractivity contribution in [1.82, 2.24) is 10.3 Å². The number of benzene rings is 2. The van der Waals surface area contributed by atoms with Crippen LogP contribution in [-0.2, 0) is 6.42 Å². The second-order valence-corrected chi connectivity index (χ2v) is 6.05. The van der Waals surface area contributed by atoms with Crippen LogP contribution in [0.3, 0.4) is 0 Å². The van der Waals surface area contributed by atoms with Gasteiger partial charge in [0.05, 0.1) is 5.52 Å². The van der Waals surface area contributed by atoms with Crippen molar-refractivity contribution < 1.29 is 13.6 Å². The van der Waals surface area contributed by atoms with Crippen molar-refractivity contribution in [3.8, 4) is 0 Å². The minimum atomic E-state index is -0.563. The molecule has 134 valence electrons. The number of rotatable bonds is 6. The van der Waals surface area contributed by atoms with E-state index in [9.17, 15) is 18.4 Å². The lowest BCUT2D eigenvalue weighted by Gasteiger charge is -2.07. The number of carbonyl (C=O) groups is 1. The maximum atomic E-state index is 13.5. The Balaban J connectivity index is 1.56. The zero-order valence-electron chi connectivity index (χ0n) is 14.0. The molecule has 4 nitrogen and oxygen atoms in total. The van der Waals surface area contributed by atoms with Crippen molar-refractivity contribution in [3.05, 3.63) is 81.6 Å². The van der Waals surface area contributed by atoms with E-state index in [1.54, 1.807) is 18.2 Å². The summed E-state index contributed by atoms with van der Waals surface area (Å²) in [6.07, 6.45) is 1.97. The number of aromatic amines is 1. The highest BCUT2D eigenvalue weighted by molar-refractivity contribution is 5.97. The summed E-state index contributed by atoms with van der Waals surface area (Å²) in [5, 5.41) is 3.27. The van der Waals surface area contributed by atoms with E-state index in [2.05, 4.69) is 10.3 Å². The van der Waals surface area contributed by atoms with E-state index in [4.69, 9.17) is 0 Å². The molecule has 1 amide bonds. The lowest BCUT2D eigenvalue weighted by molar-refractivity contribution is 0.0951. The summed E-state index contributed by atoms with van der Waals surface area (Å²) in [7, 11) is 0. The van der Waals surface area contributed by atoms with Crippen molar-refractivity contribution in [2.45, 2.75) is 19.3 Å². The van der Waals surface area contributed by atoms with Crippen LogP contribution in [0.4, 0.5) is 8.78 Å². The molecule has 6 heteroatoms. The van der Waals surface area contributed by atoms with Gasteiger partial charge in [-0.2, -0.15) is 0 Å². The molecule has 0 bridgehead atoms. The van der Waals surface area contributed by atoms with Crippen LogP contribution in [0, 0.1) is 11.6 Å². The Labute approximate surface area is 148 Å². The molecule has 0 aliphatic carbocycles. The van der Waals surface area contributed by atoms with Crippen molar-refractivity contribution in [2.75, 3.05) is 6.54 Å². The summed E-state index contributed by atoms with van der Waals surface area (Å²) in [6, 6.07) is 12.0. The first-order chi connectivity index (χ1) is 12.5. The molecule has 2 aromatic carbocycles. The summed E-state index contributed by atoms with van der Waals surface area (Å²) in [4.78, 5) is 26.7. The number of fused-ring (bicyclic) bond motifs is 1. The Bertz CT molecular complexity index is 999. The highest BCUT2D eigenvalue weighted by Crippen LogP contribution is 2.13. The number of aromatic nitrogens is 1. The number of hydrogen-bond donors (Lipinski definition) is 2. The van der Waals surface area contributed by atoms with Crippen LogP contribution < -0.4 is 10.9 Å². The Morgan fingerprint density at radius 3 is 2.65 bits per heavy atom. The number of aryl methyl sites for hydroxylation is 1. The molecule has 1 aromatic heterocycles. The molecule has 0 aliphatic rings. The molecule has 0 fully saturated rings. The number of H-pyrrole nitrogens is 1. The summed E-state index contributed by atoms with van der Waals surface area (Å²) >= 11 is 0. The van der Waals surface area contributed by atoms with Gasteiger partial charge in [-0.05, 0) is 60.5 Å². The molecule has 26 heavy (non-hydrogen) atoms. The van der Waals surface area contributed by atoms with Gasteiger partial charge in [0.25, 0.3) is 11.5 Å². The fourth-order valence-corrected chi connectivity index (χ4v) is 2.78. The first-order valence-electron chi connectivity index (χ1n) is 8.39. The molecule has 0 unspecified atom stereocenters. The van der Waals surface area contributed by atoms with Gasteiger partial charge in [0, 0.05) is 6.54 Å². The van der Waals surface area contributed by atoms with Gasteiger partial charge in [-0.3, -0.25) is 9.59 Å². The predicted octanol–water partition coefficient (Wildman–Crippen LogP) is 3.56. The van der Waals surface area contributed by atoms with E-state index in [1.165, 1.54) is 30.3 Å². The quantitative estimate of drug-likeness (QED) is 0.664. The third kappa shape index (κ3) is 4.14. The third-order valence-electron chi connectivity index (χ3n) is 4.17. The number of hydrogen-bond acceptors (Lipinski definition) is 2. The first kappa shape index (κ1) is 17.8. The number of carbonyl (C=O) groups excluding carboxylic acids is 1. The standard InChI is InChI=1S/C20H18F2N2O2/c21-15-9-8-14-11-16(20(26)24-18(14)12-15)19(25)23-10-4-3-6-13-5-1-2-7-17(13)22/h1-2,5,7-9,11-12H,3-4,6,10H2,(H,23,25)(H,24,26). The monoisotopic (exact) mass is 356 g/mol. The Kier molecular flexibility index (Phi) is 5.41. The second-order valence-electron chi connectivity index (χ2n) is 6.05. The minimum absolute atomic E-state index is 0.0155. The van der Waals surface area contributed by atoms with Crippen LogP contribution in [0.15, 0.2) is 53.3 Å². The minimum Gasteiger partial charge on any atom is -0.352 e. The Morgan fingerprint density at radius 1 is 1.04 bits per heavy atom. The number of halogens is 2. The average Bonchev–Trinajstić information content (AvgIpc) is 2.62. The summed E-state index contributed by atoms with van der Waals surface area (Å²) in [5.41, 5.74) is 0.415. The van der Waals surface area contributed by atoms with E-state index in [1.807, 2.05) is 0 Å². The number of nitrogens with one attached hydrogen (secondary N) is 2. The molecular formula is C20H18F2N2O2. The number of amides is 1. The molecule has 2 N–H and O–H groups in total. The van der Waals surface area contributed by atoms with Crippen LogP contribution in [0.25, 0.3) is 10.9 Å². The largest absolute Gasteiger partial charge is 0.352 e. The third-order valence-corrected chi connectivity index (χ3v) is 4.17. The van der Waals surface area contributed by atoms with Gasteiger partial charge in [-0.15, -0.1) is 0 Å². The maximum Gasteiger partial charge on any atom is 0.261 e. The fraction of sp³-hybridized carbons (Fsp3) is 0.200. The zero-order valence-corrected chi connectivity index (χ0v) is 14.0. The van der Waals surface area contributed by atoms with Gasteiger partial charge in [0.1, 0.15) is 17.2 Å². The molecule has 0 saturated heterocycles. The zero-order chi connectivity index (χ0) is 18.5. The van der Waals surface area contributed by atoms with Crippen LogP contribution in [-0.4, -0.2) is 17.4 Å². The van der Waals surface area contributed by atoms with Crippen molar-refractivity contribution in [2.24, 2.45) is 0 Å². The summed E-state index contributed by atoms with van der Waals surface area (Å²) in [6.45, 7) is 0.383. The number of unbranched alkanes of at least 4 members (excludes halogenated alkanes) is 1. The summed E-state index contributed by atoms with van der Waals surface area (Å²) < 4.78 is 26.7. The summed E-state index contributed by atoms with van der Waals surface area (Å²) in [5.74, 6) is -1.17. The molecule has 3 aromatic rings. The lowest BCUT2D eigenvalue weighted by Crippen LogP contribution is -2.30. The van der Waals surface area contributed by atoms with Gasteiger partial charge in [-0.1, -0.05) is 18.2 Å². The number of pyridine rings is 1. The smallest absolute Gasteiger partial charge is 0.261 e. The highest BCUT2D eigenvalue weighted by Gasteiger charge is 2.11. The van der Waals surface area contributed by atoms with Crippen molar-refractivity contribution in [1.29, 1.82) is 0 Å². The molecule has 3 rings (SSSR count).